The van der Waals surface area contributed by atoms with Crippen LogP contribution in [-0.4, -0.2) is 44.5 Å². The van der Waals surface area contributed by atoms with Gasteiger partial charge in [0.2, 0.25) is 0 Å². The fourth-order valence-corrected chi connectivity index (χ4v) is 4.05. The van der Waals surface area contributed by atoms with E-state index in [0.717, 1.165) is 12.3 Å². The first-order valence-electron chi connectivity index (χ1n) is 9.35. The lowest BCUT2D eigenvalue weighted by molar-refractivity contribution is 0.322. The van der Waals surface area contributed by atoms with Gasteiger partial charge in [0.15, 0.2) is 15.8 Å². The van der Waals surface area contributed by atoms with Gasteiger partial charge in [-0.2, -0.15) is 0 Å². The maximum Gasteiger partial charge on any atom is 0.191 e. The largest absolute Gasteiger partial charge is 0.355 e. The van der Waals surface area contributed by atoms with Crippen molar-refractivity contribution in [1.82, 2.24) is 10.6 Å². The van der Waals surface area contributed by atoms with E-state index in [0.29, 0.717) is 18.5 Å². The molecule has 25 heavy (non-hydrogen) atoms. The van der Waals surface area contributed by atoms with Gasteiger partial charge in [-0.1, -0.05) is 32.1 Å². The smallest absolute Gasteiger partial charge is 0.191 e. The Kier molecular flexibility index (Phi) is 11.6. The van der Waals surface area contributed by atoms with Crippen LogP contribution in [0.4, 0.5) is 0 Å². The third-order valence-corrected chi connectivity index (χ3v) is 7.54. The summed E-state index contributed by atoms with van der Waals surface area (Å²) in [6.45, 7) is 7.77. The van der Waals surface area contributed by atoms with Gasteiger partial charge in [0.05, 0.1) is 10.5 Å². The second-order valence-corrected chi connectivity index (χ2v) is 10.9. The zero-order chi connectivity index (χ0) is 18.2. The molecule has 0 saturated heterocycles. The van der Waals surface area contributed by atoms with Crippen molar-refractivity contribution in [1.29, 1.82) is 0 Å². The van der Waals surface area contributed by atoms with Gasteiger partial charge in [-0.05, 0) is 46.5 Å². The second kappa shape index (κ2) is 11.6. The molecule has 150 valence electrons. The summed E-state index contributed by atoms with van der Waals surface area (Å²) in [7, 11) is -1.38. The van der Waals surface area contributed by atoms with Crippen LogP contribution in [0.2, 0.25) is 0 Å². The van der Waals surface area contributed by atoms with Gasteiger partial charge in [-0.3, -0.25) is 4.99 Å². The van der Waals surface area contributed by atoms with Crippen molar-refractivity contribution < 1.29 is 8.42 Å². The highest BCUT2D eigenvalue weighted by molar-refractivity contribution is 14.0. The summed E-state index contributed by atoms with van der Waals surface area (Å²) in [6, 6.07) is 0.345. The minimum absolute atomic E-state index is 0. The lowest BCUT2D eigenvalue weighted by Gasteiger charge is -2.24. The zero-order valence-corrected chi connectivity index (χ0v) is 19.7. The molecule has 0 aromatic carbocycles. The van der Waals surface area contributed by atoms with Gasteiger partial charge in [0.1, 0.15) is 0 Å². The first-order chi connectivity index (χ1) is 11.2. The summed E-state index contributed by atoms with van der Waals surface area (Å²) in [5.74, 6) is 1.69. The Morgan fingerprint density at radius 1 is 1.20 bits per heavy atom. The molecule has 0 bridgehead atoms. The van der Waals surface area contributed by atoms with Crippen LogP contribution in [0.15, 0.2) is 4.99 Å². The van der Waals surface area contributed by atoms with Crippen molar-refractivity contribution in [2.75, 3.05) is 19.3 Å². The van der Waals surface area contributed by atoms with Gasteiger partial charge in [-0.25, -0.2) is 8.42 Å². The van der Waals surface area contributed by atoms with E-state index in [-0.39, 0.29) is 29.7 Å². The molecule has 1 saturated carbocycles. The molecule has 0 spiro atoms. The van der Waals surface area contributed by atoms with Crippen molar-refractivity contribution in [3.63, 3.8) is 0 Å². The van der Waals surface area contributed by atoms with Gasteiger partial charge < -0.3 is 10.6 Å². The lowest BCUT2D eigenvalue weighted by atomic mass is 9.85. The monoisotopic (exact) mass is 487 g/mol. The van der Waals surface area contributed by atoms with Gasteiger partial charge in [-0.15, -0.1) is 24.0 Å². The second-order valence-electron chi connectivity index (χ2n) is 8.06. The van der Waals surface area contributed by atoms with E-state index < -0.39 is 14.6 Å². The number of aliphatic imine (C=N–C) groups is 1. The Hall–Kier alpha value is -0.0500. The Bertz CT molecular complexity index is 495. The Labute approximate surface area is 172 Å². The predicted molar refractivity (Wildman–Crippen MR) is 119 cm³/mol. The van der Waals surface area contributed by atoms with E-state index in [1.54, 1.807) is 27.8 Å². The van der Waals surface area contributed by atoms with E-state index in [1.807, 2.05) is 0 Å². The lowest BCUT2D eigenvalue weighted by Crippen LogP contribution is -2.45. The molecular weight excluding hydrogens is 449 g/mol. The molecule has 0 amide bonds. The fourth-order valence-electron chi connectivity index (χ4n) is 3.07. The van der Waals surface area contributed by atoms with Crippen molar-refractivity contribution >= 4 is 39.8 Å². The average molecular weight is 487 g/mol. The summed E-state index contributed by atoms with van der Waals surface area (Å²) < 4.78 is 23.5. The average Bonchev–Trinajstić information content (AvgIpc) is 2.51. The van der Waals surface area contributed by atoms with Gasteiger partial charge in [0.25, 0.3) is 0 Å². The zero-order valence-electron chi connectivity index (χ0n) is 16.6. The maximum atomic E-state index is 12.1. The molecule has 0 aromatic rings. The van der Waals surface area contributed by atoms with E-state index in [2.05, 4.69) is 22.5 Å². The minimum Gasteiger partial charge on any atom is -0.355 e. The van der Waals surface area contributed by atoms with Crippen LogP contribution in [0.25, 0.3) is 0 Å². The number of halogens is 1. The summed E-state index contributed by atoms with van der Waals surface area (Å²) >= 11 is 0. The normalized spacial score (nSPS) is 18.4. The van der Waals surface area contributed by atoms with Crippen LogP contribution in [0.5, 0.6) is 0 Å². The Morgan fingerprint density at radius 3 is 2.32 bits per heavy atom. The number of rotatable bonds is 7. The molecule has 0 heterocycles. The highest BCUT2D eigenvalue weighted by Crippen LogP contribution is 2.27. The molecular formula is C18H38IN3O2S. The highest BCUT2D eigenvalue weighted by Gasteiger charge is 2.28. The summed E-state index contributed by atoms with van der Waals surface area (Å²) in [4.78, 5) is 4.20. The number of nitrogens with zero attached hydrogens (tertiary/aromatic N) is 1. The first-order valence-corrected chi connectivity index (χ1v) is 11.0. The Balaban J connectivity index is 0.00000576. The molecule has 1 atom stereocenters. The molecule has 2 N–H and O–H groups in total. The van der Waals surface area contributed by atoms with Crippen LogP contribution < -0.4 is 10.6 Å². The Morgan fingerprint density at radius 2 is 1.80 bits per heavy atom. The molecule has 5 nitrogen and oxygen atoms in total. The van der Waals surface area contributed by atoms with Crippen LogP contribution in [0.1, 0.15) is 72.6 Å². The highest BCUT2D eigenvalue weighted by atomic mass is 127. The molecule has 0 radical (unpaired) electrons. The maximum absolute atomic E-state index is 12.1. The fraction of sp³-hybridized carbons (Fsp3) is 0.944. The molecule has 0 aromatic heterocycles. The molecule has 1 rings (SSSR count). The third-order valence-electron chi connectivity index (χ3n) is 4.94. The number of guanidine groups is 1. The molecule has 1 aliphatic rings. The standard InChI is InChI=1S/C18H37N3O2S.HI/c1-15(11-12-16-9-7-6-8-10-16)21-17(19-5)20-13-14-24(22,23)18(2,3)4;/h15-16H,6-14H2,1-5H3,(H2,19,20,21);1H. The number of hydrogen-bond acceptors (Lipinski definition) is 3. The molecule has 7 heteroatoms. The molecule has 1 unspecified atom stereocenters. The summed E-state index contributed by atoms with van der Waals surface area (Å²) in [5, 5.41) is 6.50. The van der Waals surface area contributed by atoms with E-state index >= 15 is 0 Å². The number of hydrogen-bond donors (Lipinski definition) is 2. The summed E-state index contributed by atoms with van der Waals surface area (Å²) in [6.07, 6.45) is 9.33. The van der Waals surface area contributed by atoms with Gasteiger partial charge >= 0.3 is 0 Å². The van der Waals surface area contributed by atoms with E-state index in [4.69, 9.17) is 0 Å². The van der Waals surface area contributed by atoms with Crippen LogP contribution in [-0.2, 0) is 9.84 Å². The van der Waals surface area contributed by atoms with Crippen molar-refractivity contribution in [3.05, 3.63) is 0 Å². The van der Waals surface area contributed by atoms with Crippen molar-refractivity contribution in [2.45, 2.75) is 83.4 Å². The minimum atomic E-state index is -3.10. The third kappa shape index (κ3) is 9.45. The molecule has 1 fully saturated rings. The van der Waals surface area contributed by atoms with Gasteiger partial charge in [0, 0.05) is 19.6 Å². The van der Waals surface area contributed by atoms with Crippen LogP contribution >= 0.6 is 24.0 Å². The van der Waals surface area contributed by atoms with Crippen molar-refractivity contribution in [3.8, 4) is 0 Å². The number of nitrogens with one attached hydrogen (secondary N) is 2. The van der Waals surface area contributed by atoms with Crippen molar-refractivity contribution in [2.24, 2.45) is 10.9 Å². The SMILES string of the molecule is CN=C(NCCS(=O)(=O)C(C)(C)C)NC(C)CCC1CCCCC1.I. The topological polar surface area (TPSA) is 70.6 Å². The molecule has 1 aliphatic carbocycles. The first kappa shape index (κ1) is 24.9. The molecule has 0 aliphatic heterocycles. The van der Waals surface area contributed by atoms with Crippen LogP contribution in [0, 0.1) is 5.92 Å². The summed E-state index contributed by atoms with van der Waals surface area (Å²) in [5.41, 5.74) is 0. The van der Waals surface area contributed by atoms with Crippen LogP contribution in [0.3, 0.4) is 0 Å². The predicted octanol–water partition coefficient (Wildman–Crippen LogP) is 3.73. The van der Waals surface area contributed by atoms with E-state index in [1.165, 1.54) is 38.5 Å². The number of sulfone groups is 1. The van der Waals surface area contributed by atoms with E-state index in [9.17, 15) is 8.42 Å². The quantitative estimate of drug-likeness (QED) is 0.326.